The average Bonchev–Trinajstić information content (AvgIpc) is 1.62. The van der Waals surface area contributed by atoms with Crippen LogP contribution in [0.2, 0.25) is 0 Å². The zero-order valence-electron chi connectivity index (χ0n) is 61.9. The second kappa shape index (κ2) is 29.7. The Balaban J connectivity index is 0.000000162. The third-order valence-corrected chi connectivity index (χ3v) is 14.8. The maximum Gasteiger partial charge on any atom is 0.256 e. The van der Waals surface area contributed by atoms with Crippen molar-refractivity contribution in [2.45, 2.75) is 156 Å². The van der Waals surface area contributed by atoms with Gasteiger partial charge in [-0.1, -0.05) is 90.8 Å². The van der Waals surface area contributed by atoms with Crippen LogP contribution in [-0.4, -0.2) is 68.2 Å². The summed E-state index contributed by atoms with van der Waals surface area (Å²) < 4.78 is 115. The third-order valence-electron chi connectivity index (χ3n) is 14.8. The van der Waals surface area contributed by atoms with Crippen LogP contribution in [0.15, 0.2) is 123 Å². The quantitative estimate of drug-likeness (QED) is 0.0575. The Bertz CT molecular complexity index is 4610. The molecule has 3 heterocycles. The summed E-state index contributed by atoms with van der Waals surface area (Å²) in [5.74, 6) is 2.99. The van der Waals surface area contributed by atoms with E-state index < -0.39 is 49.2 Å². The fourth-order valence-electron chi connectivity index (χ4n) is 10.8. The number of aromatic nitrogens is 6. The standard InChI is InChI=1S/3C24H26N4O2/c3*1-5-13-26-20-11-10-17-18(20)7-6-8-19(17)23-27-24(30-28-23)16-9-12-22(29-15(2)3)21(14-16)25-4/h3*6-9,12,14-15,20,26H,5,10-11,13H2,1-3H3/t3*20-/m000/s1/i13D2,15D,20D;5D2,15D,20D;15D,20D. The number of rotatable bonds is 21. The van der Waals surface area contributed by atoms with Crippen LogP contribution in [-0.2, 0) is 19.3 Å². The van der Waals surface area contributed by atoms with Crippen LogP contribution in [0.5, 0.6) is 17.2 Å². The van der Waals surface area contributed by atoms with E-state index in [-0.39, 0.29) is 41.8 Å². The van der Waals surface area contributed by atoms with Gasteiger partial charge in [-0.25, -0.2) is 14.5 Å². The molecule has 3 aliphatic rings. The molecule has 0 bridgehead atoms. The monoisotopic (exact) mass is 1220 g/mol. The molecule has 0 fully saturated rings. The van der Waals surface area contributed by atoms with Crippen LogP contribution in [0.3, 0.4) is 0 Å². The van der Waals surface area contributed by atoms with Crippen molar-refractivity contribution in [2.24, 2.45) is 0 Å². The van der Waals surface area contributed by atoms with E-state index in [2.05, 4.69) is 67.8 Å². The minimum atomic E-state index is -1.65. The van der Waals surface area contributed by atoms with Gasteiger partial charge in [-0.15, -0.1) is 0 Å². The van der Waals surface area contributed by atoms with Crippen molar-refractivity contribution in [2.75, 3.05) is 19.6 Å². The molecule has 0 spiro atoms. The van der Waals surface area contributed by atoms with Gasteiger partial charge in [-0.05, 0) is 207 Å². The summed E-state index contributed by atoms with van der Waals surface area (Å²) in [5, 5.41) is 21.8. The molecule has 0 saturated carbocycles. The Hall–Kier alpha value is -9.51. The summed E-state index contributed by atoms with van der Waals surface area (Å²) in [7, 11) is 0. The average molecular weight is 1220 g/mol. The number of hydrogen-bond donors (Lipinski definition) is 3. The number of nitrogens with one attached hydrogen (secondary N) is 3. The normalized spacial score (nSPS) is 20.0. The molecule has 3 atom stereocenters. The molecule has 462 valence electrons. The van der Waals surface area contributed by atoms with E-state index in [1.807, 2.05) is 54.6 Å². The van der Waals surface area contributed by atoms with Gasteiger partial charge in [0, 0.05) is 56.9 Å². The van der Waals surface area contributed by atoms with E-state index in [0.29, 0.717) is 95.0 Å². The molecule has 3 N–H and O–H groups in total. The first-order valence-electron chi connectivity index (χ1n) is 34.9. The van der Waals surface area contributed by atoms with E-state index in [0.717, 1.165) is 63.9 Å². The Morgan fingerprint density at radius 2 is 0.844 bits per heavy atom. The van der Waals surface area contributed by atoms with Crippen molar-refractivity contribution in [3.8, 4) is 85.8 Å². The fourth-order valence-corrected chi connectivity index (χ4v) is 10.8. The van der Waals surface area contributed by atoms with Gasteiger partial charge in [-0.2, -0.15) is 15.0 Å². The molecule has 0 saturated heterocycles. The lowest BCUT2D eigenvalue weighted by molar-refractivity contribution is 0.244. The van der Waals surface area contributed by atoms with Gasteiger partial charge in [0.05, 0.1) is 46.2 Å². The summed E-state index contributed by atoms with van der Waals surface area (Å²) in [4.78, 5) is 24.2. The highest BCUT2D eigenvalue weighted by Gasteiger charge is 2.30. The lowest BCUT2D eigenvalue weighted by Crippen LogP contribution is -2.19. The maximum absolute atomic E-state index is 8.88. The minimum absolute atomic E-state index is 0.0764. The molecule has 3 aromatic heterocycles. The first kappa shape index (κ1) is 51.4. The smallest absolute Gasteiger partial charge is 0.256 e. The van der Waals surface area contributed by atoms with Gasteiger partial charge >= 0.3 is 0 Å². The van der Waals surface area contributed by atoms with Crippen LogP contribution in [0.1, 0.15) is 166 Å². The third kappa shape index (κ3) is 14.6. The van der Waals surface area contributed by atoms with Gasteiger partial charge < -0.3 is 43.7 Å². The van der Waals surface area contributed by atoms with Gasteiger partial charge in [0.2, 0.25) is 34.5 Å². The molecule has 0 radical (unpaired) electrons. The van der Waals surface area contributed by atoms with Crippen LogP contribution in [0, 0.1) is 19.7 Å². The van der Waals surface area contributed by atoms with Gasteiger partial charge in [0.15, 0.2) is 0 Å². The van der Waals surface area contributed by atoms with Crippen LogP contribution in [0.4, 0.5) is 17.1 Å². The first-order chi connectivity index (χ1) is 47.1. The molecule has 0 aliphatic heterocycles. The molecule has 90 heavy (non-hydrogen) atoms. The largest absolute Gasteiger partial charge is 0.502 e. The molecule has 6 aromatic carbocycles. The lowest BCUT2D eigenvalue weighted by atomic mass is 10.0. The first-order valence-corrected chi connectivity index (χ1v) is 29.9. The lowest BCUT2D eigenvalue weighted by Gasteiger charge is -2.13. The molecule has 0 amide bonds. The highest BCUT2D eigenvalue weighted by molar-refractivity contribution is 5.74. The van der Waals surface area contributed by atoms with Crippen molar-refractivity contribution in [3.05, 3.63) is 177 Å². The predicted octanol–water partition coefficient (Wildman–Crippen LogP) is 17.2. The van der Waals surface area contributed by atoms with Gasteiger partial charge in [0.1, 0.15) is 17.2 Å². The number of fused-ring (bicyclic) bond motifs is 3. The Labute approximate surface area is 541 Å². The summed E-state index contributed by atoms with van der Waals surface area (Å²) in [6.45, 7) is 36.5. The summed E-state index contributed by atoms with van der Waals surface area (Å²) in [5.41, 5.74) is 10.2. The second-order valence-corrected chi connectivity index (χ2v) is 21.9. The molecular formula is C72H78N12O6. The van der Waals surface area contributed by atoms with E-state index in [1.54, 1.807) is 103 Å². The summed E-state index contributed by atoms with van der Waals surface area (Å²) >= 11 is 0. The Morgan fingerprint density at radius 1 is 0.500 bits per heavy atom. The number of ether oxygens (including phenoxy) is 3. The molecule has 9 aromatic rings. The Kier molecular flexibility index (Phi) is 16.9. The highest BCUT2D eigenvalue weighted by Crippen LogP contribution is 2.42. The van der Waals surface area contributed by atoms with Gasteiger partial charge in [0.25, 0.3) is 17.7 Å². The maximum atomic E-state index is 8.88. The topological polar surface area (TPSA) is 194 Å². The fraction of sp³-hybridized carbons (Fsp3) is 0.375. The predicted molar refractivity (Wildman–Crippen MR) is 350 cm³/mol. The SMILES string of the molecule is [2H]C(C)(C)Oc1ccc(-c2nc(-c3cccc4c3CC[C@]4([2H])NCCC)no2)cc1[N+]#[C-].[2H]C([2H])(C)CN[C@@]1([2H])CCc2c(-c3noc(-c4ccc(OC([2H])(C)C)c([N+]#[C-])c4)n3)cccc21.[2H]C([2H])(CC)N[C@@]1([2H])CCc2c(-c3noc(-c4ccc(OC([2H])(C)C)c([N+]#[C-])c4)n3)cccc21. The second-order valence-electron chi connectivity index (χ2n) is 21.9. The zero-order chi connectivity index (χ0) is 72.4. The van der Waals surface area contributed by atoms with Crippen molar-refractivity contribution in [3.63, 3.8) is 0 Å². The van der Waals surface area contributed by atoms with Crippen LogP contribution < -0.4 is 30.2 Å². The summed E-state index contributed by atoms with van der Waals surface area (Å²) in [6.07, 6.45) is -0.0423. The number of hydrogen-bond acceptors (Lipinski definition) is 15. The summed E-state index contributed by atoms with van der Waals surface area (Å²) in [6, 6.07) is 28.8. The van der Waals surface area contributed by atoms with Crippen LogP contribution >= 0.6 is 0 Å². The minimum Gasteiger partial charge on any atom is -0.502 e. The molecule has 0 unspecified atom stereocenters. The number of benzene rings is 6. The van der Waals surface area contributed by atoms with Crippen molar-refractivity contribution < 1.29 is 41.5 Å². The van der Waals surface area contributed by atoms with Gasteiger partial charge in [-0.3, -0.25) is 0 Å². The van der Waals surface area contributed by atoms with E-state index in [9.17, 15) is 0 Å². The van der Waals surface area contributed by atoms with Crippen molar-refractivity contribution in [1.29, 1.82) is 0 Å². The van der Waals surface area contributed by atoms with E-state index in [1.165, 1.54) is 6.92 Å². The van der Waals surface area contributed by atoms with E-state index >= 15 is 0 Å². The molecule has 3 aliphatic carbocycles. The highest BCUT2D eigenvalue weighted by atomic mass is 16.5. The van der Waals surface area contributed by atoms with E-state index in [4.69, 9.17) is 61.2 Å². The van der Waals surface area contributed by atoms with Crippen molar-refractivity contribution >= 4 is 17.1 Å². The molecule has 18 heteroatoms. The molecule has 18 nitrogen and oxygen atoms in total. The Morgan fingerprint density at radius 3 is 1.16 bits per heavy atom. The number of nitrogens with zero attached hydrogens (tertiary/aromatic N) is 9. The van der Waals surface area contributed by atoms with Crippen molar-refractivity contribution in [1.82, 2.24) is 46.4 Å². The molecular weight excluding hydrogens is 1130 g/mol. The molecule has 12 rings (SSSR count). The zero-order valence-corrected chi connectivity index (χ0v) is 51.9. The van der Waals surface area contributed by atoms with Crippen LogP contribution in [0.25, 0.3) is 83.1 Å².